The maximum atomic E-state index is 4.15. The second-order valence-corrected chi connectivity index (χ2v) is 4.70. The van der Waals surface area contributed by atoms with Gasteiger partial charge in [-0.2, -0.15) is 0 Å². The Morgan fingerprint density at radius 2 is 1.74 bits per heavy atom. The molecular weight excluding hydrogens is 232 g/mol. The van der Waals surface area contributed by atoms with Crippen LogP contribution < -0.4 is 5.32 Å². The molecule has 0 aliphatic rings. The van der Waals surface area contributed by atoms with Crippen LogP contribution in [0.3, 0.4) is 0 Å². The lowest BCUT2D eigenvalue weighted by Gasteiger charge is -2.15. The number of rotatable bonds is 6. The van der Waals surface area contributed by atoms with Crippen molar-refractivity contribution in [1.82, 2.24) is 4.98 Å². The number of nitrogens with zero attached hydrogens (tertiary/aromatic N) is 1. The van der Waals surface area contributed by atoms with Crippen molar-refractivity contribution in [2.75, 3.05) is 11.9 Å². The summed E-state index contributed by atoms with van der Waals surface area (Å²) >= 11 is 0. The molecule has 1 heterocycles. The largest absolute Gasteiger partial charge is 0.384 e. The number of para-hydroxylation sites is 1. The van der Waals surface area contributed by atoms with E-state index in [1.165, 1.54) is 22.4 Å². The zero-order valence-electron chi connectivity index (χ0n) is 11.8. The van der Waals surface area contributed by atoms with E-state index in [0.29, 0.717) is 0 Å². The molecule has 0 fully saturated rings. The number of aryl methyl sites for hydroxylation is 2. The Bertz CT molecular complexity index is 484. The minimum absolute atomic E-state index is 0.954. The number of benzene rings is 1. The molecule has 0 aliphatic carbocycles. The Morgan fingerprint density at radius 1 is 1.00 bits per heavy atom. The van der Waals surface area contributed by atoms with E-state index in [-0.39, 0.29) is 0 Å². The van der Waals surface area contributed by atoms with Gasteiger partial charge in [0.15, 0.2) is 0 Å². The fourth-order valence-electron chi connectivity index (χ4n) is 2.35. The molecule has 2 rings (SSSR count). The van der Waals surface area contributed by atoms with E-state index in [1.54, 1.807) is 0 Å². The van der Waals surface area contributed by atoms with Crippen LogP contribution in [-0.4, -0.2) is 11.5 Å². The lowest BCUT2D eigenvalue weighted by molar-refractivity contribution is 0.984. The third-order valence-corrected chi connectivity index (χ3v) is 3.44. The fourth-order valence-corrected chi connectivity index (χ4v) is 2.35. The molecule has 0 aliphatic heterocycles. The van der Waals surface area contributed by atoms with E-state index in [4.69, 9.17) is 0 Å². The first kappa shape index (κ1) is 13.6. The van der Waals surface area contributed by atoms with Gasteiger partial charge in [-0.05, 0) is 42.0 Å². The van der Waals surface area contributed by atoms with Crippen LogP contribution >= 0.6 is 0 Å². The van der Waals surface area contributed by atoms with Crippen LogP contribution in [0.2, 0.25) is 0 Å². The van der Waals surface area contributed by atoms with Gasteiger partial charge in [0.2, 0.25) is 0 Å². The average molecular weight is 254 g/mol. The Kier molecular flexibility index (Phi) is 4.96. The predicted molar refractivity (Wildman–Crippen MR) is 81.6 cm³/mol. The Morgan fingerprint density at radius 3 is 2.32 bits per heavy atom. The van der Waals surface area contributed by atoms with Gasteiger partial charge in [0.25, 0.3) is 0 Å². The average Bonchev–Trinajstić information content (AvgIpc) is 2.48. The first-order valence-electron chi connectivity index (χ1n) is 7.08. The van der Waals surface area contributed by atoms with Crippen LogP contribution in [0, 0.1) is 0 Å². The SMILES string of the molecule is CCc1cccc(CC)c1NCCc1cccnc1. The quantitative estimate of drug-likeness (QED) is 0.846. The van der Waals surface area contributed by atoms with Gasteiger partial charge < -0.3 is 5.32 Å². The monoisotopic (exact) mass is 254 g/mol. The molecule has 2 aromatic rings. The van der Waals surface area contributed by atoms with Gasteiger partial charge in [-0.3, -0.25) is 4.98 Å². The summed E-state index contributed by atoms with van der Waals surface area (Å²) in [5, 5.41) is 3.60. The Balaban J connectivity index is 2.02. The topological polar surface area (TPSA) is 24.9 Å². The summed E-state index contributed by atoms with van der Waals surface area (Å²) in [4.78, 5) is 4.15. The number of pyridine rings is 1. The van der Waals surface area contributed by atoms with Crippen LogP contribution in [-0.2, 0) is 19.3 Å². The Labute approximate surface area is 115 Å². The summed E-state index contributed by atoms with van der Waals surface area (Å²) in [6.45, 7) is 5.37. The van der Waals surface area contributed by atoms with E-state index in [1.807, 2.05) is 18.5 Å². The molecule has 2 heteroatoms. The number of hydrogen-bond donors (Lipinski definition) is 1. The van der Waals surface area contributed by atoms with Crippen LogP contribution in [0.1, 0.15) is 30.5 Å². The molecule has 0 amide bonds. The van der Waals surface area contributed by atoms with Crippen LogP contribution in [0.4, 0.5) is 5.69 Å². The number of nitrogens with one attached hydrogen (secondary N) is 1. The van der Waals surface area contributed by atoms with Gasteiger partial charge in [-0.1, -0.05) is 38.1 Å². The molecule has 0 saturated carbocycles. The number of hydrogen-bond acceptors (Lipinski definition) is 2. The molecule has 0 spiro atoms. The molecule has 2 nitrogen and oxygen atoms in total. The highest BCUT2D eigenvalue weighted by atomic mass is 14.9. The molecule has 0 unspecified atom stereocenters. The van der Waals surface area contributed by atoms with Crippen molar-refractivity contribution in [3.63, 3.8) is 0 Å². The van der Waals surface area contributed by atoms with Crippen molar-refractivity contribution in [1.29, 1.82) is 0 Å². The van der Waals surface area contributed by atoms with E-state index >= 15 is 0 Å². The maximum absolute atomic E-state index is 4.15. The Hall–Kier alpha value is -1.83. The molecule has 19 heavy (non-hydrogen) atoms. The van der Waals surface area contributed by atoms with Crippen molar-refractivity contribution in [3.05, 3.63) is 59.4 Å². The summed E-state index contributed by atoms with van der Waals surface area (Å²) in [5.41, 5.74) is 5.43. The standard InChI is InChI=1S/C17H22N2/c1-3-15-8-5-9-16(4-2)17(15)19-12-10-14-7-6-11-18-13-14/h5-9,11,13,19H,3-4,10,12H2,1-2H3. The highest BCUT2D eigenvalue weighted by molar-refractivity contribution is 5.57. The molecule has 100 valence electrons. The molecule has 0 atom stereocenters. The van der Waals surface area contributed by atoms with Crippen molar-refractivity contribution in [3.8, 4) is 0 Å². The van der Waals surface area contributed by atoms with Crippen LogP contribution in [0.15, 0.2) is 42.7 Å². The third-order valence-electron chi connectivity index (χ3n) is 3.44. The van der Waals surface area contributed by atoms with E-state index < -0.39 is 0 Å². The minimum Gasteiger partial charge on any atom is -0.384 e. The predicted octanol–water partition coefficient (Wildman–Crippen LogP) is 3.86. The zero-order chi connectivity index (χ0) is 13.5. The van der Waals surface area contributed by atoms with Crippen LogP contribution in [0.25, 0.3) is 0 Å². The summed E-state index contributed by atoms with van der Waals surface area (Å²) in [6.07, 6.45) is 6.91. The van der Waals surface area contributed by atoms with Crippen molar-refractivity contribution < 1.29 is 0 Å². The third kappa shape index (κ3) is 3.57. The highest BCUT2D eigenvalue weighted by Crippen LogP contribution is 2.22. The summed E-state index contributed by atoms with van der Waals surface area (Å²) in [6, 6.07) is 10.7. The summed E-state index contributed by atoms with van der Waals surface area (Å²) in [7, 11) is 0. The molecule has 1 aromatic heterocycles. The van der Waals surface area contributed by atoms with Crippen molar-refractivity contribution in [2.45, 2.75) is 33.1 Å². The lowest BCUT2D eigenvalue weighted by Crippen LogP contribution is -2.09. The van der Waals surface area contributed by atoms with Gasteiger partial charge in [0.1, 0.15) is 0 Å². The maximum Gasteiger partial charge on any atom is 0.0405 e. The highest BCUT2D eigenvalue weighted by Gasteiger charge is 2.05. The number of aromatic nitrogens is 1. The second-order valence-electron chi connectivity index (χ2n) is 4.70. The van der Waals surface area contributed by atoms with Crippen LogP contribution in [0.5, 0.6) is 0 Å². The van der Waals surface area contributed by atoms with Crippen molar-refractivity contribution in [2.24, 2.45) is 0 Å². The first-order valence-corrected chi connectivity index (χ1v) is 7.08. The fraction of sp³-hybridized carbons (Fsp3) is 0.353. The van der Waals surface area contributed by atoms with Crippen molar-refractivity contribution >= 4 is 5.69 Å². The number of anilines is 1. The molecular formula is C17H22N2. The van der Waals surface area contributed by atoms with E-state index in [9.17, 15) is 0 Å². The zero-order valence-corrected chi connectivity index (χ0v) is 11.8. The van der Waals surface area contributed by atoms with Gasteiger partial charge in [0.05, 0.1) is 0 Å². The normalized spacial score (nSPS) is 10.4. The van der Waals surface area contributed by atoms with E-state index in [0.717, 1.165) is 25.8 Å². The van der Waals surface area contributed by atoms with Gasteiger partial charge in [-0.15, -0.1) is 0 Å². The molecule has 1 aromatic carbocycles. The smallest absolute Gasteiger partial charge is 0.0405 e. The molecule has 0 saturated heterocycles. The lowest BCUT2D eigenvalue weighted by atomic mass is 10.0. The van der Waals surface area contributed by atoms with E-state index in [2.05, 4.69) is 48.4 Å². The van der Waals surface area contributed by atoms with Gasteiger partial charge in [0, 0.05) is 24.6 Å². The van der Waals surface area contributed by atoms with Gasteiger partial charge >= 0.3 is 0 Å². The molecule has 0 radical (unpaired) electrons. The summed E-state index contributed by atoms with van der Waals surface area (Å²) < 4.78 is 0. The first-order chi connectivity index (χ1) is 9.35. The van der Waals surface area contributed by atoms with Gasteiger partial charge in [-0.25, -0.2) is 0 Å². The minimum atomic E-state index is 0.954. The summed E-state index contributed by atoms with van der Waals surface area (Å²) in [5.74, 6) is 0. The molecule has 1 N–H and O–H groups in total. The second kappa shape index (κ2) is 6.93. The molecule has 0 bridgehead atoms.